The third-order valence-corrected chi connectivity index (χ3v) is 3.63. The van der Waals surface area contributed by atoms with Crippen molar-refractivity contribution in [2.24, 2.45) is 5.73 Å². The lowest BCUT2D eigenvalue weighted by atomic mass is 10.0. The second-order valence-electron chi connectivity index (χ2n) is 5.10. The highest BCUT2D eigenvalue weighted by atomic mass is 16.4. The van der Waals surface area contributed by atoms with Crippen LogP contribution in [-0.4, -0.2) is 46.5 Å². The van der Waals surface area contributed by atoms with E-state index in [1.165, 1.54) is 0 Å². The van der Waals surface area contributed by atoms with Crippen LogP contribution in [0.3, 0.4) is 0 Å². The Balaban J connectivity index is 2.59. The number of primary amides is 1. The van der Waals surface area contributed by atoms with E-state index in [-0.39, 0.29) is 24.9 Å². The first-order valence-corrected chi connectivity index (χ1v) is 7.04. The predicted molar refractivity (Wildman–Crippen MR) is 73.0 cm³/mol. The second-order valence-corrected chi connectivity index (χ2v) is 5.10. The summed E-state index contributed by atoms with van der Waals surface area (Å²) in [5.41, 5.74) is 5.00. The van der Waals surface area contributed by atoms with Gasteiger partial charge in [-0.2, -0.15) is 0 Å². The van der Waals surface area contributed by atoms with Gasteiger partial charge in [-0.05, 0) is 32.1 Å². The fourth-order valence-electron chi connectivity index (χ4n) is 2.47. The Morgan fingerprint density at radius 1 is 1.40 bits per heavy atom. The number of rotatable bonds is 6. The molecule has 2 atom stereocenters. The van der Waals surface area contributed by atoms with Crippen LogP contribution in [0.1, 0.15) is 45.4 Å². The molecule has 1 aliphatic rings. The molecule has 1 aliphatic heterocycles. The average molecular weight is 285 g/mol. The predicted octanol–water partition coefficient (Wildman–Crippen LogP) is 0.679. The van der Waals surface area contributed by atoms with E-state index in [1.807, 2.05) is 6.92 Å². The molecule has 1 saturated heterocycles. The van der Waals surface area contributed by atoms with Gasteiger partial charge in [0.2, 0.25) is 5.91 Å². The average Bonchev–Trinajstić information content (AvgIpc) is 2.42. The Labute approximate surface area is 118 Å². The Hall–Kier alpha value is -1.79. The molecule has 0 saturated carbocycles. The zero-order valence-electron chi connectivity index (χ0n) is 11.8. The molecule has 20 heavy (non-hydrogen) atoms. The number of carboxylic acid groups (broad SMARTS) is 1. The minimum Gasteiger partial charge on any atom is -0.480 e. The minimum atomic E-state index is -1.15. The summed E-state index contributed by atoms with van der Waals surface area (Å²) >= 11 is 0. The van der Waals surface area contributed by atoms with Crippen molar-refractivity contribution in [3.63, 3.8) is 0 Å². The lowest BCUT2D eigenvalue weighted by molar-refractivity contribution is -0.139. The van der Waals surface area contributed by atoms with Gasteiger partial charge in [0, 0.05) is 19.0 Å². The molecule has 114 valence electrons. The molecule has 0 spiro atoms. The molecule has 0 aromatic carbocycles. The highest BCUT2D eigenvalue weighted by Gasteiger charge is 2.28. The first-order chi connectivity index (χ1) is 9.45. The van der Waals surface area contributed by atoms with E-state index in [4.69, 9.17) is 10.8 Å². The van der Waals surface area contributed by atoms with Crippen LogP contribution in [0, 0.1) is 0 Å². The van der Waals surface area contributed by atoms with Crippen LogP contribution in [0.2, 0.25) is 0 Å². The van der Waals surface area contributed by atoms with Gasteiger partial charge in [0.05, 0.1) is 0 Å². The Bertz CT molecular complexity index is 373. The molecule has 7 heteroatoms. The zero-order valence-corrected chi connectivity index (χ0v) is 11.8. The molecule has 1 unspecified atom stereocenters. The molecule has 0 aliphatic carbocycles. The number of urea groups is 1. The van der Waals surface area contributed by atoms with E-state index >= 15 is 0 Å². The van der Waals surface area contributed by atoms with Crippen LogP contribution in [0.4, 0.5) is 4.79 Å². The number of piperidine rings is 1. The number of nitrogens with one attached hydrogen (secondary N) is 1. The maximum Gasteiger partial charge on any atom is 0.326 e. The highest BCUT2D eigenvalue weighted by Crippen LogP contribution is 2.19. The summed E-state index contributed by atoms with van der Waals surface area (Å²) in [6.07, 6.45) is 3.78. The van der Waals surface area contributed by atoms with Gasteiger partial charge in [-0.1, -0.05) is 6.92 Å². The number of likely N-dealkylation sites (tertiary alicyclic amines) is 1. The Morgan fingerprint density at radius 2 is 2.10 bits per heavy atom. The fourth-order valence-corrected chi connectivity index (χ4v) is 2.47. The third-order valence-electron chi connectivity index (χ3n) is 3.63. The molecule has 1 heterocycles. The lowest BCUT2D eigenvalue weighted by Gasteiger charge is -2.35. The fraction of sp³-hybridized carbons (Fsp3) is 0.769. The smallest absolute Gasteiger partial charge is 0.326 e. The monoisotopic (exact) mass is 285 g/mol. The van der Waals surface area contributed by atoms with Crippen LogP contribution in [0.15, 0.2) is 0 Å². The first kappa shape index (κ1) is 16.3. The summed E-state index contributed by atoms with van der Waals surface area (Å²) in [5, 5.41) is 11.6. The number of aliphatic carboxylic acids is 1. The summed E-state index contributed by atoms with van der Waals surface area (Å²) in [6.45, 7) is 2.66. The first-order valence-electron chi connectivity index (χ1n) is 7.04. The number of hydrogen-bond donors (Lipinski definition) is 3. The number of amides is 3. The van der Waals surface area contributed by atoms with Gasteiger partial charge in [-0.25, -0.2) is 9.59 Å². The van der Waals surface area contributed by atoms with Crippen molar-refractivity contribution >= 4 is 17.9 Å². The van der Waals surface area contributed by atoms with E-state index in [2.05, 4.69) is 5.32 Å². The van der Waals surface area contributed by atoms with Gasteiger partial charge < -0.3 is 21.1 Å². The number of carboxylic acids is 1. The van der Waals surface area contributed by atoms with Gasteiger partial charge in [0.15, 0.2) is 0 Å². The second kappa shape index (κ2) is 7.72. The van der Waals surface area contributed by atoms with Crippen molar-refractivity contribution in [1.82, 2.24) is 10.2 Å². The summed E-state index contributed by atoms with van der Waals surface area (Å²) in [4.78, 5) is 35.7. The molecule has 0 aromatic rings. The summed E-state index contributed by atoms with van der Waals surface area (Å²) in [5.74, 6) is -1.72. The van der Waals surface area contributed by atoms with Crippen molar-refractivity contribution in [1.29, 1.82) is 0 Å². The number of hydrogen-bond acceptors (Lipinski definition) is 3. The van der Waals surface area contributed by atoms with E-state index in [9.17, 15) is 14.4 Å². The van der Waals surface area contributed by atoms with Crippen molar-refractivity contribution < 1.29 is 19.5 Å². The van der Waals surface area contributed by atoms with E-state index in [0.717, 1.165) is 25.7 Å². The molecule has 1 rings (SSSR count). The molecule has 1 fully saturated rings. The van der Waals surface area contributed by atoms with Crippen LogP contribution in [0.25, 0.3) is 0 Å². The van der Waals surface area contributed by atoms with E-state index in [1.54, 1.807) is 4.90 Å². The van der Waals surface area contributed by atoms with Crippen molar-refractivity contribution in [2.45, 2.75) is 57.5 Å². The van der Waals surface area contributed by atoms with Gasteiger partial charge in [-0.15, -0.1) is 0 Å². The van der Waals surface area contributed by atoms with E-state index < -0.39 is 17.9 Å². The number of nitrogens with zero attached hydrogens (tertiary/aromatic N) is 1. The Morgan fingerprint density at radius 3 is 2.65 bits per heavy atom. The summed E-state index contributed by atoms with van der Waals surface area (Å²) in [6, 6.07) is -1.28. The molecule has 3 amide bonds. The van der Waals surface area contributed by atoms with Crippen molar-refractivity contribution in [2.75, 3.05) is 6.54 Å². The molecule has 7 nitrogen and oxygen atoms in total. The molecule has 0 radical (unpaired) electrons. The maximum absolute atomic E-state index is 12.2. The summed E-state index contributed by atoms with van der Waals surface area (Å²) < 4.78 is 0. The zero-order chi connectivity index (χ0) is 15.1. The van der Waals surface area contributed by atoms with Crippen molar-refractivity contribution in [3.05, 3.63) is 0 Å². The molecular weight excluding hydrogens is 262 g/mol. The number of carbonyl (C=O) groups excluding carboxylic acids is 2. The Kier molecular flexibility index (Phi) is 6.27. The van der Waals surface area contributed by atoms with Gasteiger partial charge in [0.1, 0.15) is 6.04 Å². The quantitative estimate of drug-likeness (QED) is 0.666. The van der Waals surface area contributed by atoms with Gasteiger partial charge in [-0.3, -0.25) is 4.79 Å². The number of nitrogens with two attached hydrogens (primary N) is 1. The summed E-state index contributed by atoms with van der Waals surface area (Å²) in [7, 11) is 0. The van der Waals surface area contributed by atoms with E-state index in [0.29, 0.717) is 6.54 Å². The number of carbonyl (C=O) groups is 3. The lowest BCUT2D eigenvalue weighted by Crippen LogP contribution is -2.52. The standard InChI is InChI=1S/C13H23N3O4/c1-2-9-5-3-4-8-16(9)13(20)15-10(12(18)19)6-7-11(14)17/h9-10H,2-8H2,1H3,(H2,14,17)(H,15,20)(H,18,19)/t9?,10-/m0/s1. The van der Waals surface area contributed by atoms with Gasteiger partial charge in [0.25, 0.3) is 0 Å². The molecule has 4 N–H and O–H groups in total. The van der Waals surface area contributed by atoms with Crippen LogP contribution in [0.5, 0.6) is 0 Å². The van der Waals surface area contributed by atoms with Crippen LogP contribution < -0.4 is 11.1 Å². The third kappa shape index (κ3) is 4.71. The minimum absolute atomic E-state index is 0.0149. The molecular formula is C13H23N3O4. The van der Waals surface area contributed by atoms with Gasteiger partial charge >= 0.3 is 12.0 Å². The molecule has 0 bridgehead atoms. The SMILES string of the molecule is CCC1CCCCN1C(=O)N[C@@H](CCC(N)=O)C(=O)O. The normalized spacial score (nSPS) is 20.2. The highest BCUT2D eigenvalue weighted by molar-refractivity contribution is 5.83. The van der Waals surface area contributed by atoms with Crippen molar-refractivity contribution in [3.8, 4) is 0 Å². The largest absolute Gasteiger partial charge is 0.480 e. The molecule has 0 aromatic heterocycles. The van der Waals surface area contributed by atoms with Crippen LogP contribution >= 0.6 is 0 Å². The maximum atomic E-state index is 12.2. The topological polar surface area (TPSA) is 113 Å². The van der Waals surface area contributed by atoms with Crippen LogP contribution in [-0.2, 0) is 9.59 Å².